The molecule has 0 radical (unpaired) electrons. The van der Waals surface area contributed by atoms with E-state index in [1.54, 1.807) is 0 Å². The van der Waals surface area contributed by atoms with Gasteiger partial charge in [-0.2, -0.15) is 5.10 Å². The highest BCUT2D eigenvalue weighted by atomic mass is 16.5. The van der Waals surface area contributed by atoms with Gasteiger partial charge in [0.15, 0.2) is 5.69 Å². The van der Waals surface area contributed by atoms with Crippen molar-refractivity contribution < 1.29 is 14.6 Å². The summed E-state index contributed by atoms with van der Waals surface area (Å²) < 4.78 is 7.84. The highest BCUT2D eigenvalue weighted by Crippen LogP contribution is 2.33. The van der Waals surface area contributed by atoms with Crippen molar-refractivity contribution in [3.63, 3.8) is 0 Å². The smallest absolute Gasteiger partial charge is 0.274 e. The summed E-state index contributed by atoms with van der Waals surface area (Å²) in [5.41, 5.74) is 2.68. The monoisotopic (exact) mass is 335 g/mol. The Bertz CT molecular complexity index is 605. The summed E-state index contributed by atoms with van der Waals surface area (Å²) in [4.78, 5) is 14.9. The Morgan fingerprint density at radius 1 is 1.33 bits per heavy atom. The van der Waals surface area contributed by atoms with Crippen molar-refractivity contribution >= 4 is 5.91 Å². The fourth-order valence-electron chi connectivity index (χ4n) is 4.11. The van der Waals surface area contributed by atoms with Gasteiger partial charge in [0.05, 0.1) is 24.0 Å². The van der Waals surface area contributed by atoms with E-state index in [1.165, 1.54) is 0 Å². The Morgan fingerprint density at radius 3 is 2.62 bits per heavy atom. The predicted octanol–water partition coefficient (Wildman–Crippen LogP) is 2.30. The molecule has 0 bridgehead atoms. The zero-order valence-electron chi connectivity index (χ0n) is 15.2. The number of aliphatic hydroxyl groups is 1. The van der Waals surface area contributed by atoms with E-state index in [0.717, 1.165) is 49.9 Å². The summed E-state index contributed by atoms with van der Waals surface area (Å²) in [5, 5.41) is 14.3. The summed E-state index contributed by atoms with van der Waals surface area (Å²) in [5.74, 6) is 0.00106. The van der Waals surface area contributed by atoms with Crippen molar-refractivity contribution in [1.29, 1.82) is 0 Å². The highest BCUT2D eigenvalue weighted by molar-refractivity contribution is 5.94. The van der Waals surface area contributed by atoms with Gasteiger partial charge in [-0.3, -0.25) is 9.48 Å². The summed E-state index contributed by atoms with van der Waals surface area (Å²) in [6, 6.07) is 0.193. The Kier molecular flexibility index (Phi) is 4.97. The van der Waals surface area contributed by atoms with E-state index in [9.17, 15) is 9.90 Å². The molecule has 1 amide bonds. The predicted molar refractivity (Wildman–Crippen MR) is 90.9 cm³/mol. The topological polar surface area (TPSA) is 67.6 Å². The summed E-state index contributed by atoms with van der Waals surface area (Å²) in [6.07, 6.45) is 3.84. The molecule has 0 saturated heterocycles. The Hall–Kier alpha value is -1.40. The van der Waals surface area contributed by atoms with Gasteiger partial charge in [0.1, 0.15) is 0 Å². The van der Waals surface area contributed by atoms with Gasteiger partial charge >= 0.3 is 0 Å². The number of carbonyl (C=O) groups is 1. The van der Waals surface area contributed by atoms with Crippen LogP contribution in [0.3, 0.4) is 0 Å². The molecule has 3 rings (SSSR count). The number of amides is 1. The van der Waals surface area contributed by atoms with E-state index in [-0.39, 0.29) is 30.3 Å². The standard InChI is InChI=1S/C18H29N3O3/c1-5-21-17-12(3)24-11(2)10-15(17)16(19-21)18(23)20(4)13-6-8-14(22)9-7-13/h11-14,22H,5-10H2,1-4H3/t11-,12+,13?,14?/m1/s1. The summed E-state index contributed by atoms with van der Waals surface area (Å²) in [6.45, 7) is 6.85. The molecule has 1 aromatic heterocycles. The number of nitrogens with zero attached hydrogens (tertiary/aromatic N) is 3. The molecule has 6 nitrogen and oxygen atoms in total. The molecule has 134 valence electrons. The lowest BCUT2D eigenvalue weighted by atomic mass is 9.91. The molecule has 6 heteroatoms. The molecule has 1 saturated carbocycles. The molecule has 1 aromatic rings. The van der Waals surface area contributed by atoms with Crippen LogP contribution < -0.4 is 0 Å². The third-order valence-electron chi connectivity index (χ3n) is 5.44. The number of hydrogen-bond acceptors (Lipinski definition) is 4. The van der Waals surface area contributed by atoms with Crippen LogP contribution in [0.15, 0.2) is 0 Å². The molecule has 1 aliphatic carbocycles. The Morgan fingerprint density at radius 2 is 2.00 bits per heavy atom. The number of aliphatic hydroxyl groups excluding tert-OH is 1. The van der Waals surface area contributed by atoms with Gasteiger partial charge in [-0.15, -0.1) is 0 Å². The number of rotatable bonds is 3. The average Bonchev–Trinajstić information content (AvgIpc) is 2.93. The molecule has 2 heterocycles. The minimum absolute atomic E-state index is 0.00106. The van der Waals surface area contributed by atoms with Crippen LogP contribution in [0.5, 0.6) is 0 Å². The van der Waals surface area contributed by atoms with Crippen molar-refractivity contribution in [2.75, 3.05) is 7.05 Å². The second kappa shape index (κ2) is 6.84. The normalized spacial score (nSPS) is 30.0. The van der Waals surface area contributed by atoms with Crippen LogP contribution in [0.4, 0.5) is 0 Å². The first kappa shape index (κ1) is 17.4. The van der Waals surface area contributed by atoms with Crippen LogP contribution in [0.25, 0.3) is 0 Å². The molecule has 24 heavy (non-hydrogen) atoms. The molecule has 1 fully saturated rings. The van der Waals surface area contributed by atoms with Gasteiger partial charge < -0.3 is 14.7 Å². The van der Waals surface area contributed by atoms with Gasteiger partial charge in [0.2, 0.25) is 0 Å². The summed E-state index contributed by atoms with van der Waals surface area (Å²) in [7, 11) is 1.87. The van der Waals surface area contributed by atoms with Crippen molar-refractivity contribution in [1.82, 2.24) is 14.7 Å². The molecule has 0 spiro atoms. The third kappa shape index (κ3) is 3.09. The van der Waals surface area contributed by atoms with Crippen LogP contribution in [-0.4, -0.2) is 51.0 Å². The Balaban J connectivity index is 1.87. The van der Waals surface area contributed by atoms with Crippen molar-refractivity contribution in [3.8, 4) is 0 Å². The van der Waals surface area contributed by atoms with Gasteiger partial charge in [0, 0.05) is 31.6 Å². The van der Waals surface area contributed by atoms with Gasteiger partial charge in [-0.05, 0) is 46.5 Å². The minimum atomic E-state index is -0.212. The lowest BCUT2D eigenvalue weighted by Crippen LogP contribution is -2.41. The lowest BCUT2D eigenvalue weighted by molar-refractivity contribution is -0.00954. The fraction of sp³-hybridized carbons (Fsp3) is 0.778. The molecule has 2 aliphatic rings. The van der Waals surface area contributed by atoms with Crippen LogP contribution in [-0.2, 0) is 17.7 Å². The van der Waals surface area contributed by atoms with Gasteiger partial charge in [-0.1, -0.05) is 0 Å². The zero-order valence-corrected chi connectivity index (χ0v) is 15.2. The van der Waals surface area contributed by atoms with Crippen molar-refractivity contribution in [2.24, 2.45) is 0 Å². The van der Waals surface area contributed by atoms with Crippen LogP contribution in [0.2, 0.25) is 0 Å². The maximum absolute atomic E-state index is 13.1. The van der Waals surface area contributed by atoms with E-state index in [4.69, 9.17) is 4.74 Å². The SMILES string of the molecule is CCn1nc(C(=O)N(C)C2CCC(O)CC2)c2c1[C@H](C)O[C@H](C)C2. The summed E-state index contributed by atoms with van der Waals surface area (Å²) >= 11 is 0. The first-order valence-electron chi connectivity index (χ1n) is 9.12. The Labute approximate surface area is 143 Å². The first-order chi connectivity index (χ1) is 11.4. The third-order valence-corrected chi connectivity index (χ3v) is 5.44. The second-order valence-corrected chi connectivity index (χ2v) is 7.20. The number of hydrogen-bond donors (Lipinski definition) is 1. The number of aromatic nitrogens is 2. The molecule has 1 aliphatic heterocycles. The number of fused-ring (bicyclic) bond motifs is 1. The lowest BCUT2D eigenvalue weighted by Gasteiger charge is -2.33. The van der Waals surface area contributed by atoms with E-state index in [2.05, 4.69) is 5.10 Å². The molecular formula is C18H29N3O3. The first-order valence-corrected chi connectivity index (χ1v) is 9.12. The number of aryl methyl sites for hydroxylation is 1. The number of carbonyl (C=O) groups excluding carboxylic acids is 1. The molecule has 0 aromatic carbocycles. The second-order valence-electron chi connectivity index (χ2n) is 7.20. The molecular weight excluding hydrogens is 306 g/mol. The largest absolute Gasteiger partial charge is 0.393 e. The zero-order chi connectivity index (χ0) is 17.4. The van der Waals surface area contributed by atoms with Gasteiger partial charge in [0.25, 0.3) is 5.91 Å². The maximum Gasteiger partial charge on any atom is 0.274 e. The van der Waals surface area contributed by atoms with Crippen LogP contribution in [0.1, 0.15) is 74.3 Å². The average molecular weight is 335 g/mol. The quantitative estimate of drug-likeness (QED) is 0.920. The van der Waals surface area contributed by atoms with E-state index in [1.807, 2.05) is 37.4 Å². The van der Waals surface area contributed by atoms with Crippen molar-refractivity contribution in [2.45, 2.75) is 83.8 Å². The van der Waals surface area contributed by atoms with Gasteiger partial charge in [-0.25, -0.2) is 0 Å². The fourth-order valence-corrected chi connectivity index (χ4v) is 4.11. The molecule has 2 atom stereocenters. The van der Waals surface area contributed by atoms with Crippen molar-refractivity contribution in [3.05, 3.63) is 17.0 Å². The maximum atomic E-state index is 13.1. The number of ether oxygens (including phenoxy) is 1. The highest BCUT2D eigenvalue weighted by Gasteiger charge is 2.34. The van der Waals surface area contributed by atoms with E-state index < -0.39 is 0 Å². The van der Waals surface area contributed by atoms with E-state index >= 15 is 0 Å². The minimum Gasteiger partial charge on any atom is -0.393 e. The van der Waals surface area contributed by atoms with Crippen LogP contribution >= 0.6 is 0 Å². The van der Waals surface area contributed by atoms with Crippen LogP contribution in [0, 0.1) is 0 Å². The molecule has 1 N–H and O–H groups in total. The molecule has 0 unspecified atom stereocenters. The van der Waals surface area contributed by atoms with E-state index in [0.29, 0.717) is 5.69 Å².